The zero-order valence-electron chi connectivity index (χ0n) is 9.97. The van der Waals surface area contributed by atoms with Crippen molar-refractivity contribution in [1.82, 2.24) is 0 Å². The smallest absolute Gasteiger partial charge is 0.343 e. The Balaban J connectivity index is 2.99. The van der Waals surface area contributed by atoms with E-state index in [0.717, 1.165) is 9.13 Å². The minimum absolute atomic E-state index is 0.173. The maximum absolute atomic E-state index is 11.0. The van der Waals surface area contributed by atoms with Crippen molar-refractivity contribution in [2.24, 2.45) is 10.9 Å². The highest BCUT2D eigenvalue weighted by Gasteiger charge is 2.13. The van der Waals surface area contributed by atoms with E-state index in [1.165, 1.54) is 20.4 Å². The third-order valence-electron chi connectivity index (χ3n) is 2.04. The van der Waals surface area contributed by atoms with E-state index in [0.29, 0.717) is 11.5 Å². The third kappa shape index (κ3) is 3.76. The number of methoxy groups -OCH3 is 2. The van der Waals surface area contributed by atoms with Crippen molar-refractivity contribution >= 4 is 34.8 Å². The van der Waals surface area contributed by atoms with Gasteiger partial charge in [-0.2, -0.15) is 5.10 Å². The summed E-state index contributed by atoms with van der Waals surface area (Å²) in [6.45, 7) is -0.173. The molecule has 0 saturated heterocycles. The van der Waals surface area contributed by atoms with Crippen LogP contribution >= 0.6 is 22.6 Å². The SMILES string of the molecule is COC(=O)COc1c(I)cc(C=NN)cc1OC. The molecule has 1 aromatic rings. The molecule has 18 heavy (non-hydrogen) atoms. The van der Waals surface area contributed by atoms with Crippen LogP contribution in [0.1, 0.15) is 5.56 Å². The van der Waals surface area contributed by atoms with Gasteiger partial charge in [0.25, 0.3) is 0 Å². The molecule has 0 aliphatic heterocycles. The fraction of sp³-hybridized carbons (Fsp3) is 0.273. The Morgan fingerprint density at radius 2 is 2.22 bits per heavy atom. The summed E-state index contributed by atoms with van der Waals surface area (Å²) >= 11 is 2.07. The summed E-state index contributed by atoms with van der Waals surface area (Å²) in [6, 6.07) is 3.52. The molecule has 0 aromatic heterocycles. The summed E-state index contributed by atoms with van der Waals surface area (Å²) in [7, 11) is 2.81. The molecule has 0 heterocycles. The van der Waals surface area contributed by atoms with Crippen LogP contribution in [-0.4, -0.2) is 33.0 Å². The first-order chi connectivity index (χ1) is 8.62. The Morgan fingerprint density at radius 1 is 1.50 bits per heavy atom. The van der Waals surface area contributed by atoms with Crippen molar-refractivity contribution in [3.05, 3.63) is 21.3 Å². The molecule has 0 atom stereocenters. The highest BCUT2D eigenvalue weighted by atomic mass is 127. The van der Waals surface area contributed by atoms with Crippen LogP contribution in [0.15, 0.2) is 17.2 Å². The Kier molecular flexibility index (Phi) is 5.69. The van der Waals surface area contributed by atoms with Gasteiger partial charge in [-0.1, -0.05) is 0 Å². The van der Waals surface area contributed by atoms with Gasteiger partial charge in [-0.3, -0.25) is 0 Å². The molecule has 0 amide bonds. The second-order valence-corrected chi connectivity index (χ2v) is 4.34. The number of nitrogens with two attached hydrogens (primary N) is 1. The van der Waals surface area contributed by atoms with Gasteiger partial charge in [0.05, 0.1) is 24.0 Å². The van der Waals surface area contributed by atoms with E-state index in [1.54, 1.807) is 6.07 Å². The molecule has 0 spiro atoms. The van der Waals surface area contributed by atoms with Crippen molar-refractivity contribution in [3.8, 4) is 11.5 Å². The predicted molar refractivity (Wildman–Crippen MR) is 75.0 cm³/mol. The summed E-state index contributed by atoms with van der Waals surface area (Å²) in [5.41, 5.74) is 0.782. The van der Waals surface area contributed by atoms with Crippen LogP contribution in [-0.2, 0) is 9.53 Å². The first kappa shape index (κ1) is 14.6. The summed E-state index contributed by atoms with van der Waals surface area (Å²) in [4.78, 5) is 11.0. The maximum Gasteiger partial charge on any atom is 0.343 e. The van der Waals surface area contributed by atoms with Crippen molar-refractivity contribution in [1.29, 1.82) is 0 Å². The molecule has 1 aromatic carbocycles. The summed E-state index contributed by atoms with van der Waals surface area (Å²) in [5.74, 6) is 5.62. The molecule has 0 saturated carbocycles. The molecule has 98 valence electrons. The van der Waals surface area contributed by atoms with Crippen LogP contribution in [0.4, 0.5) is 0 Å². The molecule has 0 radical (unpaired) electrons. The average Bonchev–Trinajstić information content (AvgIpc) is 2.36. The molecule has 0 aliphatic rings. The van der Waals surface area contributed by atoms with Crippen LogP contribution in [0.25, 0.3) is 0 Å². The number of carbonyl (C=O) groups is 1. The molecule has 0 unspecified atom stereocenters. The van der Waals surface area contributed by atoms with Crippen molar-refractivity contribution in [2.45, 2.75) is 0 Å². The van der Waals surface area contributed by atoms with Gasteiger partial charge in [-0.25, -0.2) is 4.79 Å². The molecule has 7 heteroatoms. The molecule has 6 nitrogen and oxygen atoms in total. The number of rotatable bonds is 5. The van der Waals surface area contributed by atoms with Crippen molar-refractivity contribution in [2.75, 3.05) is 20.8 Å². The van der Waals surface area contributed by atoms with Crippen LogP contribution in [0.2, 0.25) is 0 Å². The standard InChI is InChI=1S/C11H13IN2O4/c1-16-9-4-7(5-14-13)3-8(12)11(9)18-6-10(15)17-2/h3-5H,6,13H2,1-2H3. The van der Waals surface area contributed by atoms with Gasteiger partial charge in [0.2, 0.25) is 0 Å². The molecule has 0 bridgehead atoms. The number of carbonyl (C=O) groups excluding carboxylic acids is 1. The van der Waals surface area contributed by atoms with E-state index in [9.17, 15) is 4.79 Å². The summed E-state index contributed by atoms with van der Waals surface area (Å²) in [6.07, 6.45) is 1.49. The molecule has 0 aliphatic carbocycles. The van der Waals surface area contributed by atoms with E-state index >= 15 is 0 Å². The van der Waals surface area contributed by atoms with Gasteiger partial charge in [-0.15, -0.1) is 0 Å². The lowest BCUT2D eigenvalue weighted by molar-refractivity contribution is -0.142. The first-order valence-electron chi connectivity index (χ1n) is 4.92. The maximum atomic E-state index is 11.0. The number of hydrogen-bond acceptors (Lipinski definition) is 6. The minimum atomic E-state index is -0.458. The largest absolute Gasteiger partial charge is 0.493 e. The van der Waals surface area contributed by atoms with E-state index in [2.05, 4.69) is 32.4 Å². The number of halogens is 1. The number of benzene rings is 1. The van der Waals surface area contributed by atoms with Gasteiger partial charge in [-0.05, 0) is 40.3 Å². The molecule has 0 fully saturated rings. The van der Waals surface area contributed by atoms with E-state index in [1.807, 2.05) is 6.07 Å². The zero-order chi connectivity index (χ0) is 13.5. The number of hydrogen-bond donors (Lipinski definition) is 1. The molecule has 1 rings (SSSR count). The van der Waals surface area contributed by atoms with Crippen LogP contribution in [0, 0.1) is 3.57 Å². The van der Waals surface area contributed by atoms with Crippen LogP contribution in [0.3, 0.4) is 0 Å². The second kappa shape index (κ2) is 7.04. The molecular formula is C11H13IN2O4. The summed E-state index contributed by atoms with van der Waals surface area (Å²) in [5, 5.41) is 3.44. The first-order valence-corrected chi connectivity index (χ1v) is 6.00. The third-order valence-corrected chi connectivity index (χ3v) is 2.84. The quantitative estimate of drug-likeness (QED) is 0.279. The van der Waals surface area contributed by atoms with E-state index in [4.69, 9.17) is 15.3 Å². The Hall–Kier alpha value is -1.51. The molecule has 2 N–H and O–H groups in total. The zero-order valence-corrected chi connectivity index (χ0v) is 12.1. The lowest BCUT2D eigenvalue weighted by Gasteiger charge is -2.12. The van der Waals surface area contributed by atoms with Gasteiger partial charge < -0.3 is 20.1 Å². The normalized spacial score (nSPS) is 10.4. The van der Waals surface area contributed by atoms with Crippen molar-refractivity contribution < 1.29 is 19.0 Å². The fourth-order valence-corrected chi connectivity index (χ4v) is 2.01. The number of nitrogens with zero attached hydrogens (tertiary/aromatic N) is 1. The Labute approximate surface area is 118 Å². The van der Waals surface area contributed by atoms with Gasteiger partial charge in [0.15, 0.2) is 18.1 Å². The van der Waals surface area contributed by atoms with Crippen LogP contribution < -0.4 is 15.3 Å². The highest BCUT2D eigenvalue weighted by molar-refractivity contribution is 14.1. The number of esters is 1. The predicted octanol–water partition coefficient (Wildman–Crippen LogP) is 1.14. The average molecular weight is 364 g/mol. The second-order valence-electron chi connectivity index (χ2n) is 3.18. The fourth-order valence-electron chi connectivity index (χ4n) is 1.23. The number of hydrazone groups is 1. The Bertz CT molecular complexity index is 463. The topological polar surface area (TPSA) is 83.1 Å². The number of ether oxygens (including phenoxy) is 3. The highest BCUT2D eigenvalue weighted by Crippen LogP contribution is 2.33. The lowest BCUT2D eigenvalue weighted by Crippen LogP contribution is -2.13. The van der Waals surface area contributed by atoms with Crippen molar-refractivity contribution in [3.63, 3.8) is 0 Å². The van der Waals surface area contributed by atoms with E-state index < -0.39 is 5.97 Å². The van der Waals surface area contributed by atoms with Gasteiger partial charge in [0.1, 0.15) is 0 Å². The van der Waals surface area contributed by atoms with Crippen LogP contribution in [0.5, 0.6) is 11.5 Å². The van der Waals surface area contributed by atoms with E-state index in [-0.39, 0.29) is 6.61 Å². The monoisotopic (exact) mass is 364 g/mol. The Morgan fingerprint density at radius 3 is 2.78 bits per heavy atom. The summed E-state index contributed by atoms with van der Waals surface area (Å²) < 4.78 is 15.8. The minimum Gasteiger partial charge on any atom is -0.493 e. The van der Waals surface area contributed by atoms with Gasteiger partial charge in [0, 0.05) is 0 Å². The lowest BCUT2D eigenvalue weighted by atomic mass is 10.2. The molecular weight excluding hydrogens is 351 g/mol. The van der Waals surface area contributed by atoms with Gasteiger partial charge >= 0.3 is 5.97 Å².